The number of ether oxygens (including phenoxy) is 1. The van der Waals surface area contributed by atoms with Gasteiger partial charge in [0.1, 0.15) is 11.9 Å². The van der Waals surface area contributed by atoms with Crippen molar-refractivity contribution >= 4 is 17.7 Å². The molecular weight excluding hydrogens is 311 g/mol. The van der Waals surface area contributed by atoms with Gasteiger partial charge in [-0.3, -0.25) is 9.69 Å². The van der Waals surface area contributed by atoms with E-state index in [1.807, 2.05) is 18.2 Å². The number of hydrogen-bond donors (Lipinski definition) is 1. The van der Waals surface area contributed by atoms with E-state index in [1.165, 1.54) is 24.0 Å². The molecular formula is C18H17FN2O3. The maximum absolute atomic E-state index is 13.3. The fraction of sp³-hybridized carbons (Fsp3) is 0.222. The Hall–Kier alpha value is -2.89. The maximum Gasteiger partial charge on any atom is 0.414 e. The summed E-state index contributed by atoms with van der Waals surface area (Å²) in [6, 6.07) is 13.6. The molecule has 0 saturated carbocycles. The Morgan fingerprint density at radius 3 is 2.67 bits per heavy atom. The number of carbonyl (C=O) groups is 2. The van der Waals surface area contributed by atoms with Gasteiger partial charge in [-0.2, -0.15) is 0 Å². The Morgan fingerprint density at radius 1 is 1.25 bits per heavy atom. The molecule has 2 aromatic rings. The monoisotopic (exact) mass is 328 g/mol. The number of benzene rings is 2. The van der Waals surface area contributed by atoms with Crippen molar-refractivity contribution in [3.63, 3.8) is 0 Å². The third-order valence-electron chi connectivity index (χ3n) is 3.79. The average molecular weight is 328 g/mol. The van der Waals surface area contributed by atoms with E-state index in [9.17, 15) is 14.0 Å². The number of amides is 2. The summed E-state index contributed by atoms with van der Waals surface area (Å²) in [5.74, 6) is -0.454. The number of rotatable bonds is 4. The second-order valence-corrected chi connectivity index (χ2v) is 5.61. The molecule has 3 rings (SSSR count). The van der Waals surface area contributed by atoms with Crippen LogP contribution in [0.5, 0.6) is 0 Å². The highest BCUT2D eigenvalue weighted by Crippen LogP contribution is 2.26. The average Bonchev–Trinajstić information content (AvgIpc) is 2.94. The van der Waals surface area contributed by atoms with Crippen molar-refractivity contribution in [2.45, 2.75) is 13.0 Å². The summed E-state index contributed by atoms with van der Waals surface area (Å²) in [4.78, 5) is 24.4. The zero-order valence-corrected chi connectivity index (χ0v) is 13.2. The Bertz CT molecular complexity index is 761. The first-order chi connectivity index (χ1) is 11.5. The zero-order chi connectivity index (χ0) is 17.1. The standard InChI is InChI=1S/C18H17FN2O3/c1-12(22)20-10-17-11-21(18(23)24-17)16-7-5-13(6-8-16)14-3-2-4-15(19)9-14/h2-9,17H,10-11H2,1H3,(H,20,22). The topological polar surface area (TPSA) is 58.6 Å². The molecule has 1 saturated heterocycles. The maximum atomic E-state index is 13.3. The minimum Gasteiger partial charge on any atom is -0.442 e. The van der Waals surface area contributed by atoms with E-state index in [2.05, 4.69) is 5.32 Å². The van der Waals surface area contributed by atoms with Crippen LogP contribution in [0.1, 0.15) is 6.92 Å². The lowest BCUT2D eigenvalue weighted by atomic mass is 10.1. The second kappa shape index (κ2) is 6.70. The molecule has 2 amide bonds. The van der Waals surface area contributed by atoms with Gasteiger partial charge in [-0.1, -0.05) is 24.3 Å². The predicted octanol–water partition coefficient (Wildman–Crippen LogP) is 2.95. The van der Waals surface area contributed by atoms with Crippen molar-refractivity contribution in [1.82, 2.24) is 5.32 Å². The van der Waals surface area contributed by atoms with Gasteiger partial charge in [0.25, 0.3) is 0 Å². The molecule has 1 aliphatic heterocycles. The van der Waals surface area contributed by atoms with Gasteiger partial charge >= 0.3 is 6.09 Å². The molecule has 2 aromatic carbocycles. The first-order valence-electron chi connectivity index (χ1n) is 7.61. The van der Waals surface area contributed by atoms with E-state index in [-0.39, 0.29) is 17.8 Å². The van der Waals surface area contributed by atoms with Gasteiger partial charge in [-0.25, -0.2) is 9.18 Å². The van der Waals surface area contributed by atoms with Gasteiger partial charge in [0.15, 0.2) is 0 Å². The number of hydrogen-bond acceptors (Lipinski definition) is 3. The molecule has 0 aromatic heterocycles. The second-order valence-electron chi connectivity index (χ2n) is 5.61. The van der Waals surface area contributed by atoms with Crippen LogP contribution in [0.15, 0.2) is 48.5 Å². The third kappa shape index (κ3) is 3.53. The van der Waals surface area contributed by atoms with E-state index in [0.717, 1.165) is 11.1 Å². The van der Waals surface area contributed by atoms with Gasteiger partial charge < -0.3 is 10.1 Å². The normalized spacial score (nSPS) is 16.8. The zero-order valence-electron chi connectivity index (χ0n) is 13.2. The Morgan fingerprint density at radius 2 is 2.00 bits per heavy atom. The molecule has 1 aliphatic rings. The summed E-state index contributed by atoms with van der Waals surface area (Å²) < 4.78 is 18.5. The van der Waals surface area contributed by atoms with Crippen molar-refractivity contribution in [3.8, 4) is 11.1 Å². The van der Waals surface area contributed by atoms with Crippen molar-refractivity contribution in [1.29, 1.82) is 0 Å². The molecule has 1 N–H and O–H groups in total. The molecule has 124 valence electrons. The summed E-state index contributed by atoms with van der Waals surface area (Å²) in [6.07, 6.45) is -0.812. The highest BCUT2D eigenvalue weighted by atomic mass is 19.1. The Kier molecular flexibility index (Phi) is 4.46. The van der Waals surface area contributed by atoms with Crippen molar-refractivity contribution in [2.75, 3.05) is 18.0 Å². The predicted molar refractivity (Wildman–Crippen MR) is 88.1 cm³/mol. The number of nitrogens with one attached hydrogen (secondary N) is 1. The van der Waals surface area contributed by atoms with Gasteiger partial charge in [0.2, 0.25) is 5.91 Å². The van der Waals surface area contributed by atoms with Crippen LogP contribution in [0, 0.1) is 5.82 Å². The lowest BCUT2D eigenvalue weighted by molar-refractivity contribution is -0.119. The van der Waals surface area contributed by atoms with Crippen LogP contribution in [-0.4, -0.2) is 31.2 Å². The molecule has 24 heavy (non-hydrogen) atoms. The van der Waals surface area contributed by atoms with Gasteiger partial charge in [-0.05, 0) is 35.4 Å². The van der Waals surface area contributed by atoms with Gasteiger partial charge in [0, 0.05) is 12.6 Å². The highest BCUT2D eigenvalue weighted by molar-refractivity contribution is 5.90. The highest BCUT2D eigenvalue weighted by Gasteiger charge is 2.32. The molecule has 0 radical (unpaired) electrons. The molecule has 1 unspecified atom stereocenters. The SMILES string of the molecule is CC(=O)NCC1CN(c2ccc(-c3cccc(F)c3)cc2)C(=O)O1. The molecule has 0 aliphatic carbocycles. The summed E-state index contributed by atoms with van der Waals surface area (Å²) in [5, 5.41) is 2.64. The number of halogens is 1. The van der Waals surface area contributed by atoms with Crippen molar-refractivity contribution in [3.05, 3.63) is 54.3 Å². The molecule has 5 nitrogen and oxygen atoms in total. The number of anilines is 1. The fourth-order valence-electron chi connectivity index (χ4n) is 2.60. The van der Waals surface area contributed by atoms with Crippen molar-refractivity contribution < 1.29 is 18.7 Å². The molecule has 0 spiro atoms. The van der Waals surface area contributed by atoms with E-state index < -0.39 is 6.09 Å². The minimum absolute atomic E-state index is 0.163. The van der Waals surface area contributed by atoms with E-state index in [1.54, 1.807) is 18.2 Å². The summed E-state index contributed by atoms with van der Waals surface area (Å²) in [6.45, 7) is 2.08. The smallest absolute Gasteiger partial charge is 0.414 e. The van der Waals surface area contributed by atoms with Crippen LogP contribution in [0.4, 0.5) is 14.9 Å². The molecule has 1 heterocycles. The fourth-order valence-corrected chi connectivity index (χ4v) is 2.60. The van der Waals surface area contributed by atoms with E-state index in [4.69, 9.17) is 4.74 Å². The van der Waals surface area contributed by atoms with Gasteiger partial charge in [0.05, 0.1) is 13.1 Å². The van der Waals surface area contributed by atoms with Crippen LogP contribution in [0.2, 0.25) is 0 Å². The molecule has 6 heteroatoms. The van der Waals surface area contributed by atoms with Crippen LogP contribution in [0.3, 0.4) is 0 Å². The van der Waals surface area contributed by atoms with Crippen LogP contribution >= 0.6 is 0 Å². The van der Waals surface area contributed by atoms with Crippen LogP contribution < -0.4 is 10.2 Å². The Balaban J connectivity index is 1.71. The quantitative estimate of drug-likeness (QED) is 0.939. The third-order valence-corrected chi connectivity index (χ3v) is 3.79. The lowest BCUT2D eigenvalue weighted by Crippen LogP contribution is -2.33. The first kappa shape index (κ1) is 16.0. The Labute approximate surface area is 139 Å². The molecule has 1 atom stereocenters. The van der Waals surface area contributed by atoms with Crippen LogP contribution in [-0.2, 0) is 9.53 Å². The molecule has 0 bridgehead atoms. The lowest BCUT2D eigenvalue weighted by Gasteiger charge is -2.13. The van der Waals surface area contributed by atoms with Crippen LogP contribution in [0.25, 0.3) is 11.1 Å². The summed E-state index contributed by atoms with van der Waals surface area (Å²) in [5.41, 5.74) is 2.33. The van der Waals surface area contributed by atoms with Crippen molar-refractivity contribution in [2.24, 2.45) is 0 Å². The number of cyclic esters (lactones) is 1. The number of carbonyl (C=O) groups excluding carboxylic acids is 2. The molecule has 1 fully saturated rings. The largest absolute Gasteiger partial charge is 0.442 e. The first-order valence-corrected chi connectivity index (χ1v) is 7.61. The van der Waals surface area contributed by atoms with Gasteiger partial charge in [-0.15, -0.1) is 0 Å². The van der Waals surface area contributed by atoms with E-state index in [0.29, 0.717) is 18.8 Å². The number of nitrogens with zero attached hydrogens (tertiary/aromatic N) is 1. The minimum atomic E-state index is -0.441. The summed E-state index contributed by atoms with van der Waals surface area (Å²) in [7, 11) is 0. The van der Waals surface area contributed by atoms with E-state index >= 15 is 0 Å². The summed E-state index contributed by atoms with van der Waals surface area (Å²) >= 11 is 0.